The lowest BCUT2D eigenvalue weighted by Gasteiger charge is -2.06. The Hall–Kier alpha value is 0.390. The van der Waals surface area contributed by atoms with Gasteiger partial charge in [-0.05, 0) is 22.0 Å². The van der Waals surface area contributed by atoms with Gasteiger partial charge in [-0.3, -0.25) is 0 Å². The van der Waals surface area contributed by atoms with Crippen LogP contribution in [0.3, 0.4) is 0 Å². The molecule has 1 aromatic rings. The first-order valence-electron chi connectivity index (χ1n) is 3.86. The molecule has 1 aliphatic rings. The molecule has 0 amide bonds. The molecule has 2 atom stereocenters. The number of halogens is 2. The second kappa shape index (κ2) is 4.28. The molecular weight excluding hydrogens is 276 g/mol. The van der Waals surface area contributed by atoms with Gasteiger partial charge in [0.25, 0.3) is 0 Å². The Morgan fingerprint density at radius 2 is 2.54 bits per heavy atom. The van der Waals surface area contributed by atoms with Crippen molar-refractivity contribution in [3.63, 3.8) is 0 Å². The van der Waals surface area contributed by atoms with E-state index in [9.17, 15) is 0 Å². The van der Waals surface area contributed by atoms with Gasteiger partial charge in [-0.2, -0.15) is 0 Å². The average molecular weight is 284 g/mol. The predicted molar refractivity (Wildman–Crippen MR) is 56.3 cm³/mol. The fraction of sp³-hybridized carbons (Fsp3) is 0.500. The zero-order valence-electron chi connectivity index (χ0n) is 6.70. The van der Waals surface area contributed by atoms with E-state index in [0.717, 1.165) is 9.35 Å². The molecule has 2 unspecified atom stereocenters. The molecule has 1 fully saturated rings. The summed E-state index contributed by atoms with van der Waals surface area (Å²) >= 11 is 10.7. The van der Waals surface area contributed by atoms with Gasteiger partial charge in [0.2, 0.25) is 0 Å². The van der Waals surface area contributed by atoms with E-state index >= 15 is 0 Å². The molecule has 2 rings (SSSR count). The van der Waals surface area contributed by atoms with Crippen molar-refractivity contribution in [2.24, 2.45) is 0 Å². The Morgan fingerprint density at radius 3 is 3.08 bits per heavy atom. The van der Waals surface area contributed by atoms with Crippen LogP contribution >= 0.6 is 38.9 Å². The molecule has 2 heterocycles. The van der Waals surface area contributed by atoms with Crippen LogP contribution in [-0.2, 0) is 9.47 Å². The molecule has 0 N–H and O–H groups in total. The summed E-state index contributed by atoms with van der Waals surface area (Å²) in [6.45, 7) is 0.587. The highest BCUT2D eigenvalue weighted by Crippen LogP contribution is 2.33. The summed E-state index contributed by atoms with van der Waals surface area (Å²) in [5, 5.41) is 2.01. The van der Waals surface area contributed by atoms with Crippen molar-refractivity contribution in [1.82, 2.24) is 0 Å². The van der Waals surface area contributed by atoms with E-state index in [0.29, 0.717) is 12.5 Å². The number of alkyl halides is 1. The summed E-state index contributed by atoms with van der Waals surface area (Å²) in [4.78, 5) is 1.08. The second-order valence-corrected chi connectivity index (χ2v) is 4.91. The van der Waals surface area contributed by atoms with Gasteiger partial charge in [-0.15, -0.1) is 22.9 Å². The fourth-order valence-corrected chi connectivity index (χ4v) is 2.72. The number of hydrogen-bond acceptors (Lipinski definition) is 3. The highest BCUT2D eigenvalue weighted by Gasteiger charge is 2.27. The predicted octanol–water partition coefficient (Wildman–Crippen LogP) is 3.16. The third-order valence-corrected chi connectivity index (χ3v) is 3.80. The van der Waals surface area contributed by atoms with Crippen molar-refractivity contribution in [2.45, 2.75) is 12.4 Å². The number of rotatable bonds is 2. The van der Waals surface area contributed by atoms with Crippen molar-refractivity contribution in [2.75, 3.05) is 12.5 Å². The molecule has 72 valence electrons. The molecule has 0 aromatic carbocycles. The Balaban J connectivity index is 2.03. The van der Waals surface area contributed by atoms with Crippen LogP contribution in [0.15, 0.2) is 15.9 Å². The third-order valence-electron chi connectivity index (χ3n) is 1.74. The second-order valence-electron chi connectivity index (χ2n) is 2.74. The molecule has 0 aliphatic carbocycles. The maximum Gasteiger partial charge on any atom is 0.193 e. The molecule has 1 saturated heterocycles. The average Bonchev–Trinajstić information content (AvgIpc) is 2.71. The first kappa shape index (κ1) is 9.93. The van der Waals surface area contributed by atoms with Crippen molar-refractivity contribution in [3.05, 3.63) is 20.8 Å². The summed E-state index contributed by atoms with van der Waals surface area (Å²) in [5.41, 5.74) is 0. The maximum absolute atomic E-state index is 5.65. The van der Waals surface area contributed by atoms with Crippen molar-refractivity contribution in [3.8, 4) is 0 Å². The lowest BCUT2D eigenvalue weighted by atomic mass is 10.4. The minimum atomic E-state index is -0.222. The van der Waals surface area contributed by atoms with Crippen molar-refractivity contribution in [1.29, 1.82) is 0 Å². The van der Waals surface area contributed by atoms with Crippen LogP contribution < -0.4 is 0 Å². The van der Waals surface area contributed by atoms with E-state index in [1.807, 2.05) is 11.4 Å². The monoisotopic (exact) mass is 282 g/mol. The highest BCUT2D eigenvalue weighted by atomic mass is 79.9. The van der Waals surface area contributed by atoms with Gasteiger partial charge in [0.05, 0.1) is 23.5 Å². The van der Waals surface area contributed by atoms with Crippen LogP contribution in [0.1, 0.15) is 11.2 Å². The first-order chi connectivity index (χ1) is 6.29. The Labute approximate surface area is 93.9 Å². The number of thiophene rings is 1. The quantitative estimate of drug-likeness (QED) is 0.776. The summed E-state index contributed by atoms with van der Waals surface area (Å²) < 4.78 is 12.0. The zero-order valence-corrected chi connectivity index (χ0v) is 9.86. The molecule has 5 heteroatoms. The molecule has 0 bridgehead atoms. The van der Waals surface area contributed by atoms with Gasteiger partial charge >= 0.3 is 0 Å². The van der Waals surface area contributed by atoms with Crippen molar-refractivity contribution < 1.29 is 9.47 Å². The third kappa shape index (κ3) is 2.25. The lowest BCUT2D eigenvalue weighted by Crippen LogP contribution is -2.10. The molecule has 1 aromatic heterocycles. The summed E-state index contributed by atoms with van der Waals surface area (Å²) in [5.74, 6) is 0.489. The van der Waals surface area contributed by atoms with Gasteiger partial charge in [0, 0.05) is 9.85 Å². The summed E-state index contributed by atoms with van der Waals surface area (Å²) in [6, 6.07) is 2.01. The van der Waals surface area contributed by atoms with E-state index in [4.69, 9.17) is 21.1 Å². The molecule has 0 radical (unpaired) electrons. The van der Waals surface area contributed by atoms with Crippen LogP contribution in [0, 0.1) is 0 Å². The van der Waals surface area contributed by atoms with Crippen LogP contribution in [0.5, 0.6) is 0 Å². The van der Waals surface area contributed by atoms with Gasteiger partial charge < -0.3 is 9.47 Å². The minimum Gasteiger partial charge on any atom is -0.345 e. The van der Waals surface area contributed by atoms with Gasteiger partial charge in [0.1, 0.15) is 0 Å². The summed E-state index contributed by atoms with van der Waals surface area (Å²) in [7, 11) is 0. The Kier molecular flexibility index (Phi) is 3.26. The van der Waals surface area contributed by atoms with Crippen LogP contribution in [0.25, 0.3) is 0 Å². The largest absolute Gasteiger partial charge is 0.345 e. The van der Waals surface area contributed by atoms with Crippen LogP contribution in [-0.4, -0.2) is 18.6 Å². The Morgan fingerprint density at radius 1 is 1.69 bits per heavy atom. The van der Waals surface area contributed by atoms with Crippen molar-refractivity contribution >= 4 is 38.9 Å². The van der Waals surface area contributed by atoms with Gasteiger partial charge in [-0.1, -0.05) is 0 Å². The normalized spacial score (nSPS) is 28.2. The minimum absolute atomic E-state index is 0.0348. The number of hydrogen-bond donors (Lipinski definition) is 0. The highest BCUT2D eigenvalue weighted by molar-refractivity contribution is 9.10. The molecule has 2 nitrogen and oxygen atoms in total. The molecule has 0 spiro atoms. The smallest absolute Gasteiger partial charge is 0.193 e. The molecular formula is C8H8BrClO2S. The molecule has 13 heavy (non-hydrogen) atoms. The fourth-order valence-electron chi connectivity index (χ4n) is 1.13. The summed E-state index contributed by atoms with van der Waals surface area (Å²) in [6.07, 6.45) is -0.187. The van der Waals surface area contributed by atoms with E-state index in [1.54, 1.807) is 11.3 Å². The Bertz CT molecular complexity index is 291. The maximum atomic E-state index is 5.65. The van der Waals surface area contributed by atoms with E-state index in [2.05, 4.69) is 15.9 Å². The van der Waals surface area contributed by atoms with E-state index in [-0.39, 0.29) is 12.4 Å². The van der Waals surface area contributed by atoms with Gasteiger partial charge in [0.15, 0.2) is 6.29 Å². The first-order valence-corrected chi connectivity index (χ1v) is 6.07. The van der Waals surface area contributed by atoms with E-state index < -0.39 is 0 Å². The SMILES string of the molecule is ClCC1COC(c2cc(Br)cs2)O1. The zero-order chi connectivity index (χ0) is 9.26. The van der Waals surface area contributed by atoms with Crippen LogP contribution in [0.4, 0.5) is 0 Å². The molecule has 0 saturated carbocycles. The van der Waals surface area contributed by atoms with E-state index in [1.165, 1.54) is 0 Å². The molecule has 1 aliphatic heterocycles. The number of ether oxygens (including phenoxy) is 2. The topological polar surface area (TPSA) is 18.5 Å². The van der Waals surface area contributed by atoms with Crippen LogP contribution in [0.2, 0.25) is 0 Å². The standard InChI is InChI=1S/C8H8BrClO2S/c9-5-1-7(13-4-5)8-11-3-6(2-10)12-8/h1,4,6,8H,2-3H2. The lowest BCUT2D eigenvalue weighted by molar-refractivity contribution is -0.0540. The van der Waals surface area contributed by atoms with Gasteiger partial charge in [-0.25, -0.2) is 0 Å².